The fraction of sp³-hybridized carbons (Fsp3) is 0.923. The molecule has 0 aromatic carbocycles. The van der Waals surface area contributed by atoms with Crippen LogP contribution in [0.1, 0.15) is 41.0 Å². The van der Waals surface area contributed by atoms with Gasteiger partial charge in [-0.3, -0.25) is 4.79 Å². The van der Waals surface area contributed by atoms with Gasteiger partial charge in [0.1, 0.15) is 5.60 Å². The summed E-state index contributed by atoms with van der Waals surface area (Å²) < 4.78 is 10.5. The van der Waals surface area contributed by atoms with E-state index in [-0.39, 0.29) is 11.9 Å². The van der Waals surface area contributed by atoms with Crippen molar-refractivity contribution in [2.75, 3.05) is 26.3 Å². The Morgan fingerprint density at radius 2 is 2.00 bits per heavy atom. The van der Waals surface area contributed by atoms with Gasteiger partial charge in [0.2, 0.25) is 0 Å². The molecule has 0 aliphatic carbocycles. The van der Waals surface area contributed by atoms with Crippen molar-refractivity contribution in [1.82, 2.24) is 5.32 Å². The van der Waals surface area contributed by atoms with Gasteiger partial charge in [0.15, 0.2) is 0 Å². The molecule has 1 atom stereocenters. The first-order chi connectivity index (χ1) is 7.87. The molecule has 0 aromatic heterocycles. The molecular formula is C13H27NO3. The van der Waals surface area contributed by atoms with E-state index in [0.717, 1.165) is 26.2 Å². The van der Waals surface area contributed by atoms with Gasteiger partial charge in [-0.15, -0.1) is 0 Å². The van der Waals surface area contributed by atoms with Crippen LogP contribution in [-0.2, 0) is 14.3 Å². The van der Waals surface area contributed by atoms with Crippen LogP contribution in [0.4, 0.5) is 0 Å². The number of carbonyl (C=O) groups is 1. The highest BCUT2D eigenvalue weighted by Gasteiger charge is 2.21. The smallest absolute Gasteiger partial charge is 0.310 e. The van der Waals surface area contributed by atoms with Crippen LogP contribution in [0.15, 0.2) is 0 Å². The lowest BCUT2D eigenvalue weighted by molar-refractivity contribution is -0.159. The van der Waals surface area contributed by atoms with Crippen molar-refractivity contribution < 1.29 is 14.3 Å². The van der Waals surface area contributed by atoms with Crippen LogP contribution in [-0.4, -0.2) is 37.9 Å². The molecular weight excluding hydrogens is 218 g/mol. The Bertz CT molecular complexity index is 211. The van der Waals surface area contributed by atoms with E-state index in [4.69, 9.17) is 9.47 Å². The minimum absolute atomic E-state index is 0.110. The molecule has 0 saturated carbocycles. The summed E-state index contributed by atoms with van der Waals surface area (Å²) in [5.41, 5.74) is -0.402. The summed E-state index contributed by atoms with van der Waals surface area (Å²) >= 11 is 0. The lowest BCUT2D eigenvalue weighted by Crippen LogP contribution is -2.33. The molecule has 0 bridgehead atoms. The number of hydrogen-bond acceptors (Lipinski definition) is 4. The average molecular weight is 245 g/mol. The summed E-state index contributed by atoms with van der Waals surface area (Å²) in [7, 11) is 0. The van der Waals surface area contributed by atoms with Crippen LogP contribution in [0.2, 0.25) is 0 Å². The van der Waals surface area contributed by atoms with Crippen LogP contribution in [0.25, 0.3) is 0 Å². The van der Waals surface area contributed by atoms with Crippen molar-refractivity contribution in [2.24, 2.45) is 5.92 Å². The monoisotopic (exact) mass is 245 g/mol. The van der Waals surface area contributed by atoms with Crippen LogP contribution < -0.4 is 5.32 Å². The molecule has 4 heteroatoms. The first kappa shape index (κ1) is 16.4. The van der Waals surface area contributed by atoms with E-state index in [2.05, 4.69) is 5.32 Å². The average Bonchev–Trinajstić information content (AvgIpc) is 2.20. The van der Waals surface area contributed by atoms with Gasteiger partial charge in [-0.05, 0) is 40.7 Å². The highest BCUT2D eigenvalue weighted by Crippen LogP contribution is 2.10. The van der Waals surface area contributed by atoms with Gasteiger partial charge in [-0.1, -0.05) is 6.92 Å². The summed E-state index contributed by atoms with van der Waals surface area (Å²) in [5, 5.41) is 3.23. The van der Waals surface area contributed by atoms with Crippen molar-refractivity contribution in [3.8, 4) is 0 Å². The third-order valence-electron chi connectivity index (χ3n) is 2.11. The first-order valence-corrected chi connectivity index (χ1v) is 6.38. The summed E-state index contributed by atoms with van der Waals surface area (Å²) in [6.07, 6.45) is 0.967. The number of nitrogens with one attached hydrogen (secondary N) is 1. The van der Waals surface area contributed by atoms with E-state index in [9.17, 15) is 4.79 Å². The molecule has 0 aliphatic rings. The maximum atomic E-state index is 11.6. The lowest BCUT2D eigenvalue weighted by Gasteiger charge is -2.22. The quantitative estimate of drug-likeness (QED) is 0.525. The third-order valence-corrected chi connectivity index (χ3v) is 2.11. The van der Waals surface area contributed by atoms with Gasteiger partial charge in [-0.25, -0.2) is 0 Å². The SMILES string of the molecule is CCOCCCNC[C@@H](C)C(=O)OC(C)(C)C. The molecule has 0 aliphatic heterocycles. The van der Waals surface area contributed by atoms with Crippen molar-refractivity contribution in [3.63, 3.8) is 0 Å². The highest BCUT2D eigenvalue weighted by atomic mass is 16.6. The van der Waals surface area contributed by atoms with E-state index in [1.54, 1.807) is 0 Å². The van der Waals surface area contributed by atoms with Gasteiger partial charge in [-0.2, -0.15) is 0 Å². The molecule has 0 saturated heterocycles. The maximum Gasteiger partial charge on any atom is 0.310 e. The van der Waals surface area contributed by atoms with Crippen LogP contribution in [0.3, 0.4) is 0 Å². The molecule has 102 valence electrons. The number of carbonyl (C=O) groups excluding carboxylic acids is 1. The molecule has 0 aromatic rings. The van der Waals surface area contributed by atoms with Crippen LogP contribution in [0, 0.1) is 5.92 Å². The Morgan fingerprint density at radius 3 is 2.53 bits per heavy atom. The Labute approximate surface area is 105 Å². The largest absolute Gasteiger partial charge is 0.460 e. The second-order valence-electron chi connectivity index (χ2n) is 5.19. The Hall–Kier alpha value is -0.610. The molecule has 0 amide bonds. The van der Waals surface area contributed by atoms with Gasteiger partial charge in [0, 0.05) is 19.8 Å². The standard InChI is InChI=1S/C13H27NO3/c1-6-16-9-7-8-14-10-11(2)12(15)17-13(3,4)5/h11,14H,6-10H2,1-5H3/t11-/m1/s1. The fourth-order valence-corrected chi connectivity index (χ4v) is 1.25. The minimum Gasteiger partial charge on any atom is -0.460 e. The lowest BCUT2D eigenvalue weighted by atomic mass is 10.1. The van der Waals surface area contributed by atoms with Gasteiger partial charge < -0.3 is 14.8 Å². The zero-order chi connectivity index (χ0) is 13.3. The van der Waals surface area contributed by atoms with Crippen LogP contribution >= 0.6 is 0 Å². The molecule has 0 fully saturated rings. The summed E-state index contributed by atoms with van der Waals surface area (Å²) in [5.74, 6) is -0.254. The molecule has 17 heavy (non-hydrogen) atoms. The predicted octanol–water partition coefficient (Wildman–Crippen LogP) is 1.98. The second-order valence-corrected chi connectivity index (χ2v) is 5.19. The van der Waals surface area contributed by atoms with Gasteiger partial charge in [0.25, 0.3) is 0 Å². The van der Waals surface area contributed by atoms with Gasteiger partial charge >= 0.3 is 5.97 Å². The summed E-state index contributed by atoms with van der Waals surface area (Å²) in [6.45, 7) is 12.6. The molecule has 0 radical (unpaired) electrons. The zero-order valence-electron chi connectivity index (χ0n) is 11.8. The molecule has 4 nitrogen and oxygen atoms in total. The Kier molecular flexibility index (Phi) is 8.17. The van der Waals surface area contributed by atoms with E-state index in [1.807, 2.05) is 34.6 Å². The number of ether oxygens (including phenoxy) is 2. The van der Waals surface area contributed by atoms with E-state index >= 15 is 0 Å². The number of esters is 1. The molecule has 0 unspecified atom stereocenters. The Balaban J connectivity index is 3.58. The predicted molar refractivity (Wildman–Crippen MR) is 69.0 cm³/mol. The first-order valence-electron chi connectivity index (χ1n) is 6.38. The topological polar surface area (TPSA) is 47.6 Å². The number of rotatable bonds is 8. The molecule has 0 spiro atoms. The van der Waals surface area contributed by atoms with E-state index in [1.165, 1.54) is 0 Å². The maximum absolute atomic E-state index is 11.6. The summed E-state index contributed by atoms with van der Waals surface area (Å²) in [4.78, 5) is 11.6. The molecule has 1 N–H and O–H groups in total. The molecule has 0 heterocycles. The summed E-state index contributed by atoms with van der Waals surface area (Å²) in [6, 6.07) is 0. The van der Waals surface area contributed by atoms with Crippen LogP contribution in [0.5, 0.6) is 0 Å². The van der Waals surface area contributed by atoms with Gasteiger partial charge in [0.05, 0.1) is 5.92 Å². The highest BCUT2D eigenvalue weighted by molar-refractivity contribution is 5.72. The Morgan fingerprint density at radius 1 is 1.35 bits per heavy atom. The zero-order valence-corrected chi connectivity index (χ0v) is 11.8. The third kappa shape index (κ3) is 10.3. The van der Waals surface area contributed by atoms with Crippen molar-refractivity contribution in [2.45, 2.75) is 46.6 Å². The van der Waals surface area contributed by atoms with Crippen molar-refractivity contribution in [3.05, 3.63) is 0 Å². The second kappa shape index (κ2) is 8.48. The van der Waals surface area contributed by atoms with Crippen molar-refractivity contribution in [1.29, 1.82) is 0 Å². The number of hydrogen-bond donors (Lipinski definition) is 1. The van der Waals surface area contributed by atoms with Crippen molar-refractivity contribution >= 4 is 5.97 Å². The normalized spacial score (nSPS) is 13.5. The van der Waals surface area contributed by atoms with E-state index < -0.39 is 5.60 Å². The fourth-order valence-electron chi connectivity index (χ4n) is 1.25. The molecule has 0 rings (SSSR count). The minimum atomic E-state index is -0.402. The van der Waals surface area contributed by atoms with E-state index in [0.29, 0.717) is 6.54 Å².